The third kappa shape index (κ3) is 41.7. The highest BCUT2D eigenvalue weighted by Gasteiger charge is 1.93. The molecule has 7 nitrogen and oxygen atoms in total. The lowest BCUT2D eigenvalue weighted by Gasteiger charge is -1.96. The fourth-order valence-electron chi connectivity index (χ4n) is 0.149. The Morgan fingerprint density at radius 2 is 1.27 bits per heavy atom. The molecule has 0 spiro atoms. The Hall–Kier alpha value is -0.280. The number of hydrogen-bond acceptors (Lipinski definition) is 7. The van der Waals surface area contributed by atoms with Crippen molar-refractivity contribution in [1.29, 1.82) is 0 Å². The van der Waals surface area contributed by atoms with Crippen LogP contribution < -0.4 is 0 Å². The third-order valence-electron chi connectivity index (χ3n) is 0.817. The smallest absolute Gasteiger partial charge is 0.100 e. The summed E-state index contributed by atoms with van der Waals surface area (Å²) in [7, 11) is 1.55. The van der Waals surface area contributed by atoms with Crippen molar-refractivity contribution in [2.45, 2.75) is 6.10 Å². The Morgan fingerprint density at radius 1 is 0.867 bits per heavy atom. The molecule has 0 heterocycles. The Bertz CT molecular complexity index is 73.4. The molecule has 0 aliphatic rings. The van der Waals surface area contributed by atoms with Gasteiger partial charge in [-0.2, -0.15) is 0 Å². The zero-order chi connectivity index (χ0) is 12.5. The molecule has 0 aromatic rings. The molecule has 15 heavy (non-hydrogen) atoms. The van der Waals surface area contributed by atoms with E-state index in [1.807, 2.05) is 0 Å². The van der Waals surface area contributed by atoms with Gasteiger partial charge in [-0.25, -0.2) is 0 Å². The summed E-state index contributed by atoms with van der Waals surface area (Å²) < 4.78 is 4.44. The van der Waals surface area contributed by atoms with Gasteiger partial charge in [-0.3, -0.25) is 0 Å². The molecule has 0 aromatic heterocycles. The normalized spacial score (nSPS) is 8.80. The van der Waals surface area contributed by atoms with Crippen molar-refractivity contribution in [2.24, 2.45) is 0 Å². The molecular weight excluding hydrogens is 208 g/mol. The maximum absolute atomic E-state index is 8.17. The minimum absolute atomic E-state index is 0.122. The number of aliphatic hydroxyl groups excluding tert-OH is 6. The van der Waals surface area contributed by atoms with Crippen molar-refractivity contribution in [3.8, 4) is 0 Å². The lowest BCUT2D eigenvalue weighted by molar-refractivity contribution is 0.0450. The SMILES string of the molecule is COCCO.OCC(O)CO.OCCO. The van der Waals surface area contributed by atoms with Gasteiger partial charge in [0.1, 0.15) is 6.10 Å². The minimum atomic E-state index is -0.954. The molecular formula is C8H22O7. The van der Waals surface area contributed by atoms with Crippen LogP contribution in [0.15, 0.2) is 0 Å². The van der Waals surface area contributed by atoms with Crippen LogP contribution in [0.1, 0.15) is 0 Å². The molecule has 96 valence electrons. The molecule has 0 rings (SSSR count). The predicted octanol–water partition coefficient (Wildman–Crippen LogP) is -3.07. The number of ether oxygens (including phenoxy) is 1. The molecule has 0 radical (unpaired) electrons. The van der Waals surface area contributed by atoms with Crippen LogP contribution in [0.2, 0.25) is 0 Å². The number of methoxy groups -OCH3 is 1. The largest absolute Gasteiger partial charge is 0.394 e. The highest BCUT2D eigenvalue weighted by Crippen LogP contribution is 1.71. The van der Waals surface area contributed by atoms with Crippen LogP contribution in [0.4, 0.5) is 0 Å². The van der Waals surface area contributed by atoms with Gasteiger partial charge in [0, 0.05) is 7.11 Å². The molecule has 0 atom stereocenters. The van der Waals surface area contributed by atoms with E-state index in [0.717, 1.165) is 0 Å². The van der Waals surface area contributed by atoms with Gasteiger partial charge < -0.3 is 35.4 Å². The number of hydrogen-bond donors (Lipinski definition) is 6. The summed E-state index contributed by atoms with van der Waals surface area (Å²) in [6.07, 6.45) is -0.954. The molecule has 0 aliphatic heterocycles. The van der Waals surface area contributed by atoms with Crippen LogP contribution in [0, 0.1) is 0 Å². The summed E-state index contributed by atoms with van der Waals surface area (Å²) in [4.78, 5) is 0. The topological polar surface area (TPSA) is 131 Å². The fraction of sp³-hybridized carbons (Fsp3) is 1.00. The standard InChI is InChI=1S/C3H8O3.C3H8O2.C2H6O2/c4-1-3(6)2-5;1-5-3-2-4;3-1-2-4/h3-6H,1-2H2;4H,2-3H2,1H3;3-4H,1-2H2. The first kappa shape index (κ1) is 20.2. The maximum atomic E-state index is 8.17. The highest BCUT2D eigenvalue weighted by atomic mass is 16.5. The average molecular weight is 230 g/mol. The summed E-state index contributed by atoms with van der Waals surface area (Å²) in [6, 6.07) is 0. The van der Waals surface area contributed by atoms with E-state index in [1.165, 1.54) is 0 Å². The summed E-state index contributed by atoms with van der Waals surface area (Å²) in [5.74, 6) is 0. The number of aliphatic hydroxyl groups is 6. The minimum Gasteiger partial charge on any atom is -0.394 e. The Balaban J connectivity index is -0.000000147. The first-order chi connectivity index (χ1) is 7.14. The van der Waals surface area contributed by atoms with Gasteiger partial charge in [-0.15, -0.1) is 0 Å². The van der Waals surface area contributed by atoms with Crippen LogP contribution >= 0.6 is 0 Å². The van der Waals surface area contributed by atoms with Gasteiger partial charge in [0.2, 0.25) is 0 Å². The quantitative estimate of drug-likeness (QED) is 0.295. The lowest BCUT2D eigenvalue weighted by atomic mass is 10.4. The van der Waals surface area contributed by atoms with E-state index in [0.29, 0.717) is 6.61 Å². The molecule has 6 N–H and O–H groups in total. The van der Waals surface area contributed by atoms with Crippen molar-refractivity contribution in [2.75, 3.05) is 46.8 Å². The second-order valence-corrected chi connectivity index (χ2v) is 2.18. The first-order valence-corrected chi connectivity index (χ1v) is 4.35. The van der Waals surface area contributed by atoms with E-state index in [1.54, 1.807) is 7.11 Å². The molecule has 7 heteroatoms. The van der Waals surface area contributed by atoms with Gasteiger partial charge in [0.05, 0.1) is 39.6 Å². The van der Waals surface area contributed by atoms with E-state index in [9.17, 15) is 0 Å². The molecule has 0 amide bonds. The van der Waals surface area contributed by atoms with Crippen LogP contribution in [-0.2, 0) is 4.74 Å². The summed E-state index contributed by atoms with van der Waals surface area (Å²) in [5, 5.41) is 47.2. The van der Waals surface area contributed by atoms with Crippen molar-refractivity contribution in [1.82, 2.24) is 0 Å². The molecule has 0 saturated carbocycles. The average Bonchev–Trinajstić information content (AvgIpc) is 2.30. The van der Waals surface area contributed by atoms with Gasteiger partial charge in [-0.1, -0.05) is 0 Å². The monoisotopic (exact) mass is 230 g/mol. The van der Waals surface area contributed by atoms with Crippen LogP contribution in [0.25, 0.3) is 0 Å². The van der Waals surface area contributed by atoms with E-state index < -0.39 is 6.10 Å². The Kier molecular flexibility index (Phi) is 31.6. The summed E-state index contributed by atoms with van der Waals surface area (Å²) in [6.45, 7) is -0.413. The molecule has 0 bridgehead atoms. The lowest BCUT2D eigenvalue weighted by Crippen LogP contribution is -2.15. The van der Waals surface area contributed by atoms with Gasteiger partial charge in [0.15, 0.2) is 0 Å². The van der Waals surface area contributed by atoms with Crippen molar-refractivity contribution >= 4 is 0 Å². The second kappa shape index (κ2) is 23.5. The van der Waals surface area contributed by atoms with Crippen LogP contribution in [0.5, 0.6) is 0 Å². The Labute approximate surface area is 89.2 Å². The molecule has 0 aliphatic carbocycles. The Morgan fingerprint density at radius 3 is 1.27 bits per heavy atom. The molecule has 0 aromatic carbocycles. The van der Waals surface area contributed by atoms with Crippen LogP contribution in [0.3, 0.4) is 0 Å². The second-order valence-electron chi connectivity index (χ2n) is 2.18. The van der Waals surface area contributed by atoms with Gasteiger partial charge >= 0.3 is 0 Å². The molecule has 0 saturated heterocycles. The van der Waals surface area contributed by atoms with E-state index in [-0.39, 0.29) is 33.0 Å². The van der Waals surface area contributed by atoms with Gasteiger partial charge in [0.25, 0.3) is 0 Å². The van der Waals surface area contributed by atoms with E-state index >= 15 is 0 Å². The summed E-state index contributed by atoms with van der Waals surface area (Å²) >= 11 is 0. The predicted molar refractivity (Wildman–Crippen MR) is 53.3 cm³/mol. The highest BCUT2D eigenvalue weighted by molar-refractivity contribution is 4.43. The summed E-state index contributed by atoms with van der Waals surface area (Å²) in [5.41, 5.74) is 0. The maximum Gasteiger partial charge on any atom is 0.100 e. The van der Waals surface area contributed by atoms with Crippen molar-refractivity contribution in [3.63, 3.8) is 0 Å². The number of rotatable bonds is 5. The van der Waals surface area contributed by atoms with E-state index in [4.69, 9.17) is 30.6 Å². The fourth-order valence-corrected chi connectivity index (χ4v) is 0.149. The van der Waals surface area contributed by atoms with Crippen molar-refractivity contribution < 1.29 is 35.4 Å². The zero-order valence-corrected chi connectivity index (χ0v) is 8.91. The third-order valence-corrected chi connectivity index (χ3v) is 0.817. The zero-order valence-electron chi connectivity index (χ0n) is 8.91. The molecule has 0 unspecified atom stereocenters. The molecule has 0 fully saturated rings. The van der Waals surface area contributed by atoms with Gasteiger partial charge in [-0.05, 0) is 0 Å². The van der Waals surface area contributed by atoms with E-state index in [2.05, 4.69) is 4.74 Å². The van der Waals surface area contributed by atoms with Crippen molar-refractivity contribution in [3.05, 3.63) is 0 Å². The first-order valence-electron chi connectivity index (χ1n) is 4.35. The van der Waals surface area contributed by atoms with Crippen LogP contribution in [-0.4, -0.2) is 83.5 Å².